The van der Waals surface area contributed by atoms with Gasteiger partial charge in [0.15, 0.2) is 0 Å². The van der Waals surface area contributed by atoms with Crippen LogP contribution < -0.4 is 11.1 Å². The molecule has 0 atom stereocenters. The highest BCUT2D eigenvalue weighted by molar-refractivity contribution is 7.80. The fraction of sp³-hybridized carbons (Fsp3) is 0.214. The van der Waals surface area contributed by atoms with Crippen LogP contribution in [0.5, 0.6) is 0 Å². The molecule has 0 saturated heterocycles. The van der Waals surface area contributed by atoms with E-state index < -0.39 is 0 Å². The molecule has 5 heteroatoms. The van der Waals surface area contributed by atoms with E-state index >= 15 is 0 Å². The maximum atomic E-state index is 5.49. The summed E-state index contributed by atoms with van der Waals surface area (Å²) in [4.78, 5) is 8.66. The highest BCUT2D eigenvalue weighted by Gasteiger charge is 2.07. The monoisotopic (exact) mass is 272 g/mol. The molecule has 2 rings (SSSR count). The van der Waals surface area contributed by atoms with Crippen molar-refractivity contribution < 1.29 is 0 Å². The van der Waals surface area contributed by atoms with Crippen LogP contribution in [0.15, 0.2) is 36.7 Å². The topological polar surface area (TPSA) is 63.8 Å². The Bertz CT molecular complexity index is 578. The molecule has 0 aliphatic rings. The van der Waals surface area contributed by atoms with Gasteiger partial charge in [-0.1, -0.05) is 44.3 Å². The van der Waals surface area contributed by atoms with Gasteiger partial charge in [0.1, 0.15) is 16.5 Å². The van der Waals surface area contributed by atoms with Crippen LogP contribution in [0.25, 0.3) is 0 Å². The number of para-hydroxylation sites is 1. The van der Waals surface area contributed by atoms with E-state index in [4.69, 9.17) is 18.0 Å². The largest absolute Gasteiger partial charge is 0.388 e. The Morgan fingerprint density at radius 1 is 1.21 bits per heavy atom. The van der Waals surface area contributed by atoms with Gasteiger partial charge < -0.3 is 11.1 Å². The minimum Gasteiger partial charge on any atom is -0.388 e. The van der Waals surface area contributed by atoms with Gasteiger partial charge in [-0.3, -0.25) is 0 Å². The van der Waals surface area contributed by atoms with E-state index in [0.717, 1.165) is 5.69 Å². The summed E-state index contributed by atoms with van der Waals surface area (Å²) in [5, 5.41) is 3.26. The Morgan fingerprint density at radius 3 is 2.53 bits per heavy atom. The molecule has 1 aromatic carbocycles. The van der Waals surface area contributed by atoms with Crippen molar-refractivity contribution in [1.82, 2.24) is 9.97 Å². The molecule has 98 valence electrons. The van der Waals surface area contributed by atoms with Gasteiger partial charge in [0, 0.05) is 5.69 Å². The van der Waals surface area contributed by atoms with Gasteiger partial charge >= 0.3 is 0 Å². The molecule has 0 aliphatic carbocycles. The number of nitrogens with one attached hydrogen (secondary N) is 1. The zero-order chi connectivity index (χ0) is 13.8. The van der Waals surface area contributed by atoms with E-state index in [9.17, 15) is 0 Å². The SMILES string of the molecule is CC(C)c1ccccc1Nc1cnc(C(N)=S)cn1. The number of benzene rings is 1. The lowest BCUT2D eigenvalue weighted by Crippen LogP contribution is -2.12. The second-order valence-corrected chi connectivity index (χ2v) is 4.96. The van der Waals surface area contributed by atoms with Crippen molar-refractivity contribution in [3.63, 3.8) is 0 Å². The molecular formula is C14H16N4S. The third kappa shape index (κ3) is 3.26. The standard InChI is InChI=1S/C14H16N4S/c1-9(2)10-5-3-4-6-11(10)18-13-8-16-12(7-17-13)14(15)19/h3-9H,1-2H3,(H2,15,19)(H,17,18). The number of rotatable bonds is 4. The van der Waals surface area contributed by atoms with Crippen LogP contribution in [0, 0.1) is 0 Å². The Hall–Kier alpha value is -2.01. The van der Waals surface area contributed by atoms with Crippen LogP contribution in [0.3, 0.4) is 0 Å². The van der Waals surface area contributed by atoms with Crippen molar-refractivity contribution in [3.05, 3.63) is 47.9 Å². The molecule has 2 aromatic rings. The maximum absolute atomic E-state index is 5.49. The fourth-order valence-electron chi connectivity index (χ4n) is 1.77. The molecule has 1 heterocycles. The van der Waals surface area contributed by atoms with E-state index in [1.807, 2.05) is 18.2 Å². The Kier molecular flexibility index (Phi) is 4.06. The van der Waals surface area contributed by atoms with Crippen LogP contribution in [0.2, 0.25) is 0 Å². The molecular weight excluding hydrogens is 256 g/mol. The van der Waals surface area contributed by atoms with E-state index in [2.05, 4.69) is 35.2 Å². The molecule has 0 aliphatic heterocycles. The van der Waals surface area contributed by atoms with Gasteiger partial charge in [-0.05, 0) is 17.5 Å². The van der Waals surface area contributed by atoms with Crippen LogP contribution in [0.1, 0.15) is 31.0 Å². The van der Waals surface area contributed by atoms with Crippen LogP contribution in [-0.4, -0.2) is 15.0 Å². The lowest BCUT2D eigenvalue weighted by molar-refractivity contribution is 0.869. The summed E-state index contributed by atoms with van der Waals surface area (Å²) in [6, 6.07) is 8.15. The summed E-state index contributed by atoms with van der Waals surface area (Å²) in [6.45, 7) is 4.31. The van der Waals surface area contributed by atoms with E-state index in [0.29, 0.717) is 17.4 Å². The molecule has 1 aromatic heterocycles. The number of thiocarbonyl (C=S) groups is 1. The van der Waals surface area contributed by atoms with Gasteiger partial charge in [-0.15, -0.1) is 0 Å². The zero-order valence-corrected chi connectivity index (χ0v) is 11.7. The van der Waals surface area contributed by atoms with Crippen molar-refractivity contribution in [2.24, 2.45) is 5.73 Å². The summed E-state index contributed by atoms with van der Waals surface area (Å²) in [5.41, 5.74) is 8.29. The van der Waals surface area contributed by atoms with Gasteiger partial charge in [0.05, 0.1) is 12.4 Å². The third-order valence-electron chi connectivity index (χ3n) is 2.75. The molecule has 0 saturated carbocycles. The molecule has 0 unspecified atom stereocenters. The molecule has 19 heavy (non-hydrogen) atoms. The van der Waals surface area contributed by atoms with Crippen molar-refractivity contribution in [1.29, 1.82) is 0 Å². The van der Waals surface area contributed by atoms with E-state index in [-0.39, 0.29) is 4.99 Å². The minimum absolute atomic E-state index is 0.252. The van der Waals surface area contributed by atoms with E-state index in [1.165, 1.54) is 5.56 Å². The number of anilines is 2. The molecule has 0 spiro atoms. The maximum Gasteiger partial charge on any atom is 0.148 e. The lowest BCUT2D eigenvalue weighted by atomic mass is 10.0. The summed E-state index contributed by atoms with van der Waals surface area (Å²) in [5.74, 6) is 1.11. The minimum atomic E-state index is 0.252. The van der Waals surface area contributed by atoms with Gasteiger partial charge in [0.2, 0.25) is 0 Å². The summed E-state index contributed by atoms with van der Waals surface area (Å²) >= 11 is 4.84. The fourth-order valence-corrected chi connectivity index (χ4v) is 1.88. The van der Waals surface area contributed by atoms with Crippen molar-refractivity contribution in [2.75, 3.05) is 5.32 Å². The van der Waals surface area contributed by atoms with Crippen LogP contribution in [0.4, 0.5) is 11.5 Å². The predicted molar refractivity (Wildman–Crippen MR) is 81.7 cm³/mol. The molecule has 0 amide bonds. The Labute approximate surface area is 118 Å². The van der Waals surface area contributed by atoms with Gasteiger partial charge in [-0.25, -0.2) is 9.97 Å². The molecule has 0 bridgehead atoms. The van der Waals surface area contributed by atoms with Crippen LogP contribution in [-0.2, 0) is 0 Å². The number of nitrogens with two attached hydrogens (primary N) is 1. The lowest BCUT2D eigenvalue weighted by Gasteiger charge is -2.13. The average Bonchev–Trinajstić information content (AvgIpc) is 2.39. The second-order valence-electron chi connectivity index (χ2n) is 4.52. The smallest absolute Gasteiger partial charge is 0.148 e. The normalized spacial score (nSPS) is 10.5. The first-order valence-electron chi connectivity index (χ1n) is 6.05. The number of aromatic nitrogens is 2. The third-order valence-corrected chi connectivity index (χ3v) is 2.96. The summed E-state index contributed by atoms with van der Waals surface area (Å²) < 4.78 is 0. The van der Waals surface area contributed by atoms with Crippen molar-refractivity contribution in [2.45, 2.75) is 19.8 Å². The first kappa shape index (κ1) is 13.4. The molecule has 0 radical (unpaired) electrons. The first-order valence-corrected chi connectivity index (χ1v) is 6.46. The number of nitrogens with zero attached hydrogens (tertiary/aromatic N) is 2. The van der Waals surface area contributed by atoms with Crippen molar-refractivity contribution >= 4 is 28.7 Å². The quantitative estimate of drug-likeness (QED) is 0.838. The summed E-state index contributed by atoms with van der Waals surface area (Å²) in [6.07, 6.45) is 3.20. The Morgan fingerprint density at radius 2 is 1.95 bits per heavy atom. The molecule has 3 N–H and O–H groups in total. The molecule has 0 fully saturated rings. The van der Waals surface area contributed by atoms with Crippen LogP contribution >= 0.6 is 12.2 Å². The van der Waals surface area contributed by atoms with Gasteiger partial charge in [-0.2, -0.15) is 0 Å². The average molecular weight is 272 g/mol. The van der Waals surface area contributed by atoms with Crippen molar-refractivity contribution in [3.8, 4) is 0 Å². The number of hydrogen-bond donors (Lipinski definition) is 2. The highest BCUT2D eigenvalue weighted by atomic mass is 32.1. The Balaban J connectivity index is 2.24. The molecule has 4 nitrogen and oxygen atoms in total. The second kappa shape index (κ2) is 5.75. The first-order chi connectivity index (χ1) is 9.08. The number of hydrogen-bond acceptors (Lipinski definition) is 4. The summed E-state index contributed by atoms with van der Waals surface area (Å²) in [7, 11) is 0. The van der Waals surface area contributed by atoms with Gasteiger partial charge in [0.25, 0.3) is 0 Å². The van der Waals surface area contributed by atoms with E-state index in [1.54, 1.807) is 12.4 Å². The highest BCUT2D eigenvalue weighted by Crippen LogP contribution is 2.25. The zero-order valence-electron chi connectivity index (χ0n) is 10.9. The predicted octanol–water partition coefficient (Wildman–Crippen LogP) is 2.98.